The molecule has 1 aromatic carbocycles. The minimum Gasteiger partial charge on any atom is -0.447 e. The average Bonchev–Trinajstić information content (AvgIpc) is 2.90. The van der Waals surface area contributed by atoms with E-state index >= 15 is 0 Å². The van der Waals surface area contributed by atoms with Gasteiger partial charge in [-0.05, 0) is 5.56 Å². The normalized spacial score (nSPS) is 22.1. The summed E-state index contributed by atoms with van der Waals surface area (Å²) in [5.74, 6) is -4.53. The van der Waals surface area contributed by atoms with Gasteiger partial charge in [0.05, 0.1) is 11.8 Å². The molecule has 0 unspecified atom stereocenters. The van der Waals surface area contributed by atoms with Crippen LogP contribution in [-0.4, -0.2) is 23.4 Å². The molecular weight excluding hydrogens is 302 g/mol. The molecule has 1 N–H and O–H groups in total. The van der Waals surface area contributed by atoms with E-state index in [2.05, 4.69) is 10.3 Å². The molecule has 4 nitrogen and oxygen atoms in total. The number of alkyl halides is 2. The highest BCUT2D eigenvalue weighted by molar-refractivity contribution is 5.93. The highest BCUT2D eigenvalue weighted by atomic mass is 19.3. The molecule has 2 atom stereocenters. The van der Waals surface area contributed by atoms with Crippen LogP contribution in [0.4, 0.5) is 8.78 Å². The van der Waals surface area contributed by atoms with Crippen molar-refractivity contribution in [1.82, 2.24) is 10.3 Å². The van der Waals surface area contributed by atoms with Crippen LogP contribution >= 0.6 is 0 Å². The standard InChI is InChI=1S/C17H18F2N2O2/c1-10(2)15-14(21-9-23-15)16(22)20-8-12-13(17(12,18)19)11-6-4-3-5-7-11/h3-7,9-10,12-13H,8H2,1-2H3,(H,20,22)/t12-,13-/m0/s1. The molecule has 3 rings (SSSR count). The Morgan fingerprint density at radius 3 is 2.70 bits per heavy atom. The highest BCUT2D eigenvalue weighted by Crippen LogP contribution is 2.61. The predicted molar refractivity (Wildman–Crippen MR) is 80.5 cm³/mol. The third-order valence-corrected chi connectivity index (χ3v) is 4.18. The number of carbonyl (C=O) groups is 1. The maximum absolute atomic E-state index is 14.0. The summed E-state index contributed by atoms with van der Waals surface area (Å²) in [5, 5.41) is 2.56. The zero-order valence-electron chi connectivity index (χ0n) is 12.9. The fraction of sp³-hybridized carbons (Fsp3) is 0.412. The minimum absolute atomic E-state index is 0.00215. The van der Waals surface area contributed by atoms with Crippen molar-refractivity contribution in [1.29, 1.82) is 0 Å². The number of nitrogens with one attached hydrogen (secondary N) is 1. The van der Waals surface area contributed by atoms with Crippen molar-refractivity contribution in [3.05, 3.63) is 53.7 Å². The van der Waals surface area contributed by atoms with Crippen LogP contribution in [0.15, 0.2) is 41.1 Å². The van der Waals surface area contributed by atoms with E-state index in [4.69, 9.17) is 4.42 Å². The van der Waals surface area contributed by atoms with Gasteiger partial charge in [0.1, 0.15) is 5.76 Å². The van der Waals surface area contributed by atoms with Gasteiger partial charge in [0.25, 0.3) is 11.8 Å². The van der Waals surface area contributed by atoms with Crippen LogP contribution in [0.25, 0.3) is 0 Å². The summed E-state index contributed by atoms with van der Waals surface area (Å²) < 4.78 is 33.1. The van der Waals surface area contributed by atoms with E-state index in [0.717, 1.165) is 0 Å². The van der Waals surface area contributed by atoms with Crippen molar-refractivity contribution in [2.24, 2.45) is 5.92 Å². The molecule has 1 aliphatic rings. The van der Waals surface area contributed by atoms with Gasteiger partial charge in [-0.1, -0.05) is 44.2 Å². The van der Waals surface area contributed by atoms with E-state index in [1.807, 2.05) is 13.8 Å². The van der Waals surface area contributed by atoms with Gasteiger partial charge >= 0.3 is 0 Å². The van der Waals surface area contributed by atoms with Gasteiger partial charge in [-0.2, -0.15) is 0 Å². The van der Waals surface area contributed by atoms with Crippen molar-refractivity contribution in [3.8, 4) is 0 Å². The lowest BCUT2D eigenvalue weighted by molar-refractivity contribution is 0.0870. The monoisotopic (exact) mass is 320 g/mol. The van der Waals surface area contributed by atoms with Gasteiger partial charge < -0.3 is 9.73 Å². The van der Waals surface area contributed by atoms with Gasteiger partial charge in [0.2, 0.25) is 0 Å². The molecule has 1 amide bonds. The number of hydrogen-bond acceptors (Lipinski definition) is 3. The summed E-state index contributed by atoms with van der Waals surface area (Å²) in [6.45, 7) is 3.66. The highest BCUT2D eigenvalue weighted by Gasteiger charge is 2.68. The third kappa shape index (κ3) is 2.85. The Labute approximate surface area is 132 Å². The lowest BCUT2D eigenvalue weighted by Crippen LogP contribution is -2.28. The second-order valence-corrected chi connectivity index (χ2v) is 6.10. The molecule has 2 aromatic rings. The number of nitrogens with zero attached hydrogens (tertiary/aromatic N) is 1. The molecule has 23 heavy (non-hydrogen) atoms. The van der Waals surface area contributed by atoms with Gasteiger partial charge in [-0.3, -0.25) is 4.79 Å². The van der Waals surface area contributed by atoms with Crippen LogP contribution in [0.3, 0.4) is 0 Å². The third-order valence-electron chi connectivity index (χ3n) is 4.18. The Morgan fingerprint density at radius 2 is 2.04 bits per heavy atom. The van der Waals surface area contributed by atoms with Crippen molar-refractivity contribution in [2.45, 2.75) is 31.6 Å². The van der Waals surface area contributed by atoms with E-state index in [0.29, 0.717) is 11.3 Å². The van der Waals surface area contributed by atoms with Crippen molar-refractivity contribution >= 4 is 5.91 Å². The van der Waals surface area contributed by atoms with Crippen LogP contribution in [0.2, 0.25) is 0 Å². The molecule has 0 aliphatic heterocycles. The first-order valence-electron chi connectivity index (χ1n) is 7.57. The predicted octanol–water partition coefficient (Wildman–Crippen LogP) is 3.58. The van der Waals surface area contributed by atoms with Crippen molar-refractivity contribution in [3.63, 3.8) is 0 Å². The molecule has 0 saturated heterocycles. The second-order valence-electron chi connectivity index (χ2n) is 6.10. The van der Waals surface area contributed by atoms with E-state index in [-0.39, 0.29) is 18.2 Å². The Hall–Kier alpha value is -2.24. The summed E-state index contributed by atoms with van der Waals surface area (Å²) in [6, 6.07) is 8.65. The fourth-order valence-corrected chi connectivity index (χ4v) is 2.88. The first-order valence-corrected chi connectivity index (χ1v) is 7.57. The number of hydrogen-bond donors (Lipinski definition) is 1. The summed E-state index contributed by atoms with van der Waals surface area (Å²) in [6.07, 6.45) is 1.20. The summed E-state index contributed by atoms with van der Waals surface area (Å²) in [5.41, 5.74) is 0.765. The molecule has 122 valence electrons. The minimum atomic E-state index is -2.79. The number of amides is 1. The molecule has 1 aliphatic carbocycles. The van der Waals surface area contributed by atoms with Crippen LogP contribution in [0.5, 0.6) is 0 Å². The zero-order chi connectivity index (χ0) is 16.6. The molecule has 1 heterocycles. The Kier molecular flexibility index (Phi) is 3.92. The van der Waals surface area contributed by atoms with Gasteiger partial charge in [0, 0.05) is 12.5 Å². The van der Waals surface area contributed by atoms with Crippen LogP contribution in [0, 0.1) is 5.92 Å². The van der Waals surface area contributed by atoms with E-state index in [9.17, 15) is 13.6 Å². The van der Waals surface area contributed by atoms with Gasteiger partial charge in [-0.25, -0.2) is 13.8 Å². The van der Waals surface area contributed by atoms with Gasteiger partial charge in [0.15, 0.2) is 12.1 Å². The average molecular weight is 320 g/mol. The van der Waals surface area contributed by atoms with E-state index in [1.54, 1.807) is 30.3 Å². The summed E-state index contributed by atoms with van der Waals surface area (Å²) >= 11 is 0. The Balaban J connectivity index is 1.65. The fourth-order valence-electron chi connectivity index (χ4n) is 2.88. The Morgan fingerprint density at radius 1 is 1.35 bits per heavy atom. The largest absolute Gasteiger partial charge is 0.447 e. The Bertz CT molecular complexity index is 698. The maximum atomic E-state index is 14.0. The topological polar surface area (TPSA) is 55.1 Å². The first-order chi connectivity index (χ1) is 10.9. The van der Waals surface area contributed by atoms with Crippen LogP contribution in [-0.2, 0) is 0 Å². The van der Waals surface area contributed by atoms with Crippen LogP contribution in [0.1, 0.15) is 47.5 Å². The first kappa shape index (κ1) is 15.6. The zero-order valence-corrected chi connectivity index (χ0v) is 12.9. The molecular formula is C17H18F2N2O2. The number of carbonyl (C=O) groups excluding carboxylic acids is 1. The van der Waals surface area contributed by atoms with Crippen LogP contribution < -0.4 is 5.32 Å². The van der Waals surface area contributed by atoms with Gasteiger partial charge in [-0.15, -0.1) is 0 Å². The number of aromatic nitrogens is 1. The number of benzene rings is 1. The lowest BCUT2D eigenvalue weighted by atomic mass is 10.1. The summed E-state index contributed by atoms with van der Waals surface area (Å²) in [4.78, 5) is 16.0. The van der Waals surface area contributed by atoms with Crippen molar-refractivity contribution < 1.29 is 18.0 Å². The number of rotatable bonds is 5. The lowest BCUT2D eigenvalue weighted by Gasteiger charge is -2.05. The smallest absolute Gasteiger partial charge is 0.273 e. The molecule has 6 heteroatoms. The second kappa shape index (κ2) is 5.76. The number of oxazole rings is 1. The molecule has 1 fully saturated rings. The van der Waals surface area contributed by atoms with E-state index in [1.165, 1.54) is 6.39 Å². The van der Waals surface area contributed by atoms with Crippen molar-refractivity contribution in [2.75, 3.05) is 6.54 Å². The van der Waals surface area contributed by atoms with E-state index < -0.39 is 23.7 Å². The molecule has 0 spiro atoms. The number of halogens is 2. The molecule has 1 saturated carbocycles. The SMILES string of the molecule is CC(C)c1ocnc1C(=O)NC[C@H]1[C@H](c2ccccc2)C1(F)F. The molecule has 1 aromatic heterocycles. The molecule has 0 radical (unpaired) electrons. The molecule has 0 bridgehead atoms. The quantitative estimate of drug-likeness (QED) is 0.916. The maximum Gasteiger partial charge on any atom is 0.273 e. The summed E-state index contributed by atoms with van der Waals surface area (Å²) in [7, 11) is 0.